The molecule has 0 atom stereocenters. The molecule has 0 bridgehead atoms. The van der Waals surface area contributed by atoms with Crippen molar-refractivity contribution in [2.24, 2.45) is 0 Å². The van der Waals surface area contributed by atoms with Crippen LogP contribution in [0.1, 0.15) is 18.9 Å². The molecular formula is C14H15ClFN3O2S. The molecular weight excluding hydrogens is 329 g/mol. The molecule has 0 N–H and O–H groups in total. The smallest absolute Gasteiger partial charge is 0.267 e. The van der Waals surface area contributed by atoms with Crippen molar-refractivity contribution in [3.8, 4) is 0 Å². The van der Waals surface area contributed by atoms with E-state index in [4.69, 9.17) is 11.6 Å². The minimum absolute atomic E-state index is 0.0570. The highest BCUT2D eigenvalue weighted by Crippen LogP contribution is 2.37. The van der Waals surface area contributed by atoms with Gasteiger partial charge in [0.2, 0.25) is 0 Å². The van der Waals surface area contributed by atoms with E-state index in [-0.39, 0.29) is 17.1 Å². The number of anilines is 1. The van der Waals surface area contributed by atoms with Gasteiger partial charge in [0, 0.05) is 24.3 Å². The third kappa shape index (κ3) is 2.38. The predicted octanol–water partition coefficient (Wildman–Crippen LogP) is 2.84. The third-order valence-corrected chi connectivity index (χ3v) is 5.84. The Morgan fingerprint density at radius 1 is 1.41 bits per heavy atom. The monoisotopic (exact) mass is 343 g/mol. The summed E-state index contributed by atoms with van der Waals surface area (Å²) in [7, 11) is -3.85. The first-order valence-electron chi connectivity index (χ1n) is 6.97. The molecule has 3 rings (SSSR count). The van der Waals surface area contributed by atoms with Crippen LogP contribution in [0.25, 0.3) is 0 Å². The summed E-state index contributed by atoms with van der Waals surface area (Å²) in [6.45, 7) is 2.65. The van der Waals surface area contributed by atoms with Crippen LogP contribution >= 0.6 is 11.6 Å². The van der Waals surface area contributed by atoms with Crippen LogP contribution in [0.3, 0.4) is 0 Å². The standard InChI is InChI=1S/C14H15ClFN3O2S/c1-2-18-9-10(8-17-18)22(20,21)19-7-3-4-11-12(15)5-6-13(16)14(11)19/h5-6,8-9H,2-4,7H2,1H3. The first kappa shape index (κ1) is 15.3. The molecule has 0 saturated carbocycles. The van der Waals surface area contributed by atoms with Gasteiger partial charge in [-0.1, -0.05) is 11.6 Å². The van der Waals surface area contributed by atoms with E-state index in [1.165, 1.54) is 29.2 Å². The van der Waals surface area contributed by atoms with Crippen LogP contribution in [0.5, 0.6) is 0 Å². The van der Waals surface area contributed by atoms with Crippen molar-refractivity contribution in [2.75, 3.05) is 10.8 Å². The lowest BCUT2D eigenvalue weighted by Crippen LogP contribution is -2.36. The molecule has 0 radical (unpaired) electrons. The Morgan fingerprint density at radius 2 is 2.18 bits per heavy atom. The SMILES string of the molecule is CCn1cc(S(=O)(=O)N2CCCc3c(Cl)ccc(F)c32)cn1. The molecule has 1 aromatic heterocycles. The van der Waals surface area contributed by atoms with Crippen LogP contribution in [-0.4, -0.2) is 24.7 Å². The van der Waals surface area contributed by atoms with E-state index in [1.807, 2.05) is 6.92 Å². The Balaban J connectivity index is 2.13. The number of benzene rings is 1. The molecule has 8 heteroatoms. The molecule has 0 amide bonds. The zero-order valence-electron chi connectivity index (χ0n) is 12.0. The van der Waals surface area contributed by atoms with Crippen molar-refractivity contribution in [3.05, 3.63) is 40.9 Å². The van der Waals surface area contributed by atoms with Gasteiger partial charge in [-0.05, 0) is 37.5 Å². The number of hydrogen-bond donors (Lipinski definition) is 0. The molecule has 5 nitrogen and oxygen atoms in total. The summed E-state index contributed by atoms with van der Waals surface area (Å²) in [4.78, 5) is 0.0570. The molecule has 22 heavy (non-hydrogen) atoms. The van der Waals surface area contributed by atoms with Gasteiger partial charge in [0.1, 0.15) is 10.7 Å². The number of sulfonamides is 1. The normalized spacial score (nSPS) is 15.0. The fourth-order valence-corrected chi connectivity index (χ4v) is 4.36. The summed E-state index contributed by atoms with van der Waals surface area (Å²) in [5.41, 5.74) is 0.599. The van der Waals surface area contributed by atoms with Gasteiger partial charge in [0.15, 0.2) is 0 Å². The summed E-state index contributed by atoms with van der Waals surface area (Å²) < 4.78 is 42.5. The van der Waals surface area contributed by atoms with E-state index in [2.05, 4.69) is 5.10 Å². The highest BCUT2D eigenvalue weighted by atomic mass is 35.5. The Labute approximate surface area is 133 Å². The Bertz CT molecular complexity index is 819. The lowest BCUT2D eigenvalue weighted by Gasteiger charge is -2.30. The fourth-order valence-electron chi connectivity index (χ4n) is 2.62. The van der Waals surface area contributed by atoms with E-state index in [0.29, 0.717) is 30.0 Å². The van der Waals surface area contributed by atoms with Gasteiger partial charge < -0.3 is 0 Å². The Kier molecular flexibility index (Phi) is 3.86. The summed E-state index contributed by atoms with van der Waals surface area (Å²) >= 11 is 6.10. The van der Waals surface area contributed by atoms with E-state index >= 15 is 0 Å². The van der Waals surface area contributed by atoms with Crippen LogP contribution in [0.4, 0.5) is 10.1 Å². The highest BCUT2D eigenvalue weighted by Gasteiger charge is 2.33. The number of nitrogens with zero attached hydrogens (tertiary/aromatic N) is 3. The minimum atomic E-state index is -3.85. The molecule has 1 aliphatic rings. The molecule has 2 heterocycles. The first-order valence-corrected chi connectivity index (χ1v) is 8.79. The van der Waals surface area contributed by atoms with E-state index in [9.17, 15) is 12.8 Å². The van der Waals surface area contributed by atoms with Crippen molar-refractivity contribution < 1.29 is 12.8 Å². The number of hydrogen-bond acceptors (Lipinski definition) is 3. The van der Waals surface area contributed by atoms with Gasteiger partial charge in [0.25, 0.3) is 10.0 Å². The Morgan fingerprint density at radius 3 is 2.86 bits per heavy atom. The van der Waals surface area contributed by atoms with Crippen LogP contribution < -0.4 is 4.31 Å². The summed E-state index contributed by atoms with van der Waals surface area (Å²) in [6.07, 6.45) is 3.89. The maximum absolute atomic E-state index is 14.2. The van der Waals surface area contributed by atoms with Gasteiger partial charge in [-0.15, -0.1) is 0 Å². The molecule has 118 valence electrons. The molecule has 0 saturated heterocycles. The number of aromatic nitrogens is 2. The topological polar surface area (TPSA) is 55.2 Å². The van der Waals surface area contributed by atoms with Crippen molar-refractivity contribution in [1.82, 2.24) is 9.78 Å². The predicted molar refractivity (Wildman–Crippen MR) is 82.2 cm³/mol. The molecule has 1 aromatic carbocycles. The number of aryl methyl sites for hydroxylation is 1. The van der Waals surface area contributed by atoms with Gasteiger partial charge in [-0.3, -0.25) is 8.99 Å². The van der Waals surface area contributed by atoms with Crippen molar-refractivity contribution in [3.63, 3.8) is 0 Å². The van der Waals surface area contributed by atoms with Crippen molar-refractivity contribution >= 4 is 27.3 Å². The highest BCUT2D eigenvalue weighted by molar-refractivity contribution is 7.92. The number of rotatable bonds is 3. The quantitative estimate of drug-likeness (QED) is 0.861. The summed E-state index contributed by atoms with van der Waals surface area (Å²) in [5, 5.41) is 4.37. The molecule has 0 spiro atoms. The molecule has 1 aliphatic heterocycles. The zero-order chi connectivity index (χ0) is 15.9. The fraction of sp³-hybridized carbons (Fsp3) is 0.357. The average Bonchev–Trinajstić information content (AvgIpc) is 3.00. The summed E-state index contributed by atoms with van der Waals surface area (Å²) in [5.74, 6) is -0.578. The second-order valence-corrected chi connectivity index (χ2v) is 7.34. The molecule has 2 aromatic rings. The van der Waals surface area contributed by atoms with E-state index < -0.39 is 15.8 Å². The van der Waals surface area contributed by atoms with Gasteiger partial charge in [-0.2, -0.15) is 5.10 Å². The van der Waals surface area contributed by atoms with E-state index in [1.54, 1.807) is 0 Å². The minimum Gasteiger partial charge on any atom is -0.272 e. The Hall–Kier alpha value is -1.60. The number of halogens is 2. The second kappa shape index (κ2) is 5.55. The number of fused-ring (bicyclic) bond motifs is 1. The van der Waals surface area contributed by atoms with Gasteiger partial charge in [-0.25, -0.2) is 12.8 Å². The summed E-state index contributed by atoms with van der Waals surface area (Å²) in [6, 6.07) is 2.66. The maximum Gasteiger partial charge on any atom is 0.267 e. The largest absolute Gasteiger partial charge is 0.272 e. The van der Waals surface area contributed by atoms with Gasteiger partial charge >= 0.3 is 0 Å². The van der Waals surface area contributed by atoms with Crippen LogP contribution in [-0.2, 0) is 23.0 Å². The third-order valence-electron chi connectivity index (χ3n) is 3.74. The lowest BCUT2D eigenvalue weighted by atomic mass is 10.0. The van der Waals surface area contributed by atoms with Crippen molar-refractivity contribution in [1.29, 1.82) is 0 Å². The van der Waals surface area contributed by atoms with Gasteiger partial charge in [0.05, 0.1) is 11.9 Å². The average molecular weight is 344 g/mol. The molecule has 0 unspecified atom stereocenters. The van der Waals surface area contributed by atoms with Crippen molar-refractivity contribution in [2.45, 2.75) is 31.2 Å². The van der Waals surface area contributed by atoms with Crippen LogP contribution in [0, 0.1) is 5.82 Å². The maximum atomic E-state index is 14.2. The van der Waals surface area contributed by atoms with Crippen LogP contribution in [0.15, 0.2) is 29.4 Å². The lowest BCUT2D eigenvalue weighted by molar-refractivity contribution is 0.576. The van der Waals surface area contributed by atoms with E-state index in [0.717, 1.165) is 4.31 Å². The second-order valence-electron chi connectivity index (χ2n) is 5.07. The molecule has 0 aliphatic carbocycles. The zero-order valence-corrected chi connectivity index (χ0v) is 13.5. The molecule has 0 fully saturated rings. The van der Waals surface area contributed by atoms with Crippen LogP contribution in [0.2, 0.25) is 5.02 Å². The first-order chi connectivity index (χ1) is 10.4.